The van der Waals surface area contributed by atoms with Gasteiger partial charge >= 0.3 is 0 Å². The molecule has 14 heavy (non-hydrogen) atoms. The first-order chi connectivity index (χ1) is 6.56. The Balaban J connectivity index is 2.38. The maximum atomic E-state index is 13.3. The van der Waals surface area contributed by atoms with Crippen LogP contribution in [0.5, 0.6) is 0 Å². The van der Waals surface area contributed by atoms with E-state index in [1.165, 1.54) is 0 Å². The molecule has 1 aliphatic rings. The van der Waals surface area contributed by atoms with Gasteiger partial charge in [-0.25, -0.2) is 4.39 Å². The van der Waals surface area contributed by atoms with Gasteiger partial charge in [0.25, 0.3) is 0 Å². The molecule has 0 saturated heterocycles. The molecule has 0 radical (unpaired) electrons. The Morgan fingerprint density at radius 2 is 2.00 bits per heavy atom. The zero-order chi connectivity index (χ0) is 10.3. The predicted molar refractivity (Wildman–Crippen MR) is 58.7 cm³/mol. The molecule has 76 valence electrons. The van der Waals surface area contributed by atoms with Crippen molar-refractivity contribution in [3.8, 4) is 0 Å². The van der Waals surface area contributed by atoms with Crippen LogP contribution >= 0.6 is 15.9 Å². The Hall–Kier alpha value is -0.410. The van der Waals surface area contributed by atoms with E-state index in [0.717, 1.165) is 18.4 Å². The molecule has 2 rings (SSSR count). The Morgan fingerprint density at radius 3 is 2.43 bits per heavy atom. The van der Waals surface area contributed by atoms with Gasteiger partial charge in [0.2, 0.25) is 0 Å². The lowest BCUT2D eigenvalue weighted by Crippen LogP contribution is -2.27. The second-order valence-electron chi connectivity index (χ2n) is 4.05. The number of halogens is 2. The third kappa shape index (κ3) is 1.48. The highest BCUT2D eigenvalue weighted by Crippen LogP contribution is 2.49. The van der Waals surface area contributed by atoms with Gasteiger partial charge in [-0.3, -0.25) is 4.90 Å². The highest BCUT2D eigenvalue weighted by atomic mass is 79.9. The number of benzene rings is 1. The van der Waals surface area contributed by atoms with E-state index in [1.807, 2.05) is 20.2 Å². The maximum Gasteiger partial charge on any atom is 0.137 e. The third-order valence-electron chi connectivity index (χ3n) is 3.04. The zero-order valence-corrected chi connectivity index (χ0v) is 9.94. The van der Waals surface area contributed by atoms with Gasteiger partial charge in [0.15, 0.2) is 0 Å². The molecule has 0 unspecified atom stereocenters. The standard InChI is InChI=1S/C11H13BrFN/c1-14(2)11(5-6-11)8-3-4-9(12)10(13)7-8/h3-4,7H,5-6H2,1-2H3. The van der Waals surface area contributed by atoms with E-state index < -0.39 is 0 Å². The summed E-state index contributed by atoms with van der Waals surface area (Å²) in [6, 6.07) is 5.42. The normalized spacial score (nSPS) is 18.6. The van der Waals surface area contributed by atoms with E-state index in [9.17, 15) is 4.39 Å². The highest BCUT2D eigenvalue weighted by molar-refractivity contribution is 9.10. The molecule has 0 atom stereocenters. The molecule has 0 N–H and O–H groups in total. The first-order valence-electron chi connectivity index (χ1n) is 4.69. The van der Waals surface area contributed by atoms with Crippen molar-refractivity contribution in [1.82, 2.24) is 4.90 Å². The molecular formula is C11H13BrFN. The van der Waals surface area contributed by atoms with Gasteiger partial charge in [0.1, 0.15) is 5.82 Å². The molecule has 1 aliphatic carbocycles. The Bertz CT molecular complexity index is 358. The average molecular weight is 258 g/mol. The van der Waals surface area contributed by atoms with Crippen molar-refractivity contribution >= 4 is 15.9 Å². The molecule has 1 fully saturated rings. The van der Waals surface area contributed by atoms with Gasteiger partial charge in [-0.2, -0.15) is 0 Å². The number of rotatable bonds is 2. The van der Waals surface area contributed by atoms with Crippen LogP contribution in [-0.2, 0) is 5.54 Å². The first kappa shape index (κ1) is 10.1. The Labute approximate surface area is 92.0 Å². The van der Waals surface area contributed by atoms with E-state index in [4.69, 9.17) is 0 Å². The summed E-state index contributed by atoms with van der Waals surface area (Å²) in [7, 11) is 4.10. The molecule has 1 aromatic rings. The van der Waals surface area contributed by atoms with Crippen molar-refractivity contribution in [1.29, 1.82) is 0 Å². The molecule has 3 heteroatoms. The molecule has 1 aromatic carbocycles. The molecule has 1 nitrogen and oxygen atoms in total. The minimum Gasteiger partial charge on any atom is -0.300 e. The quantitative estimate of drug-likeness (QED) is 0.787. The fourth-order valence-corrected chi connectivity index (χ4v) is 2.14. The average Bonchev–Trinajstić information content (AvgIpc) is 2.90. The second-order valence-corrected chi connectivity index (χ2v) is 4.91. The molecular weight excluding hydrogens is 245 g/mol. The van der Waals surface area contributed by atoms with Crippen LogP contribution in [0.25, 0.3) is 0 Å². The fourth-order valence-electron chi connectivity index (χ4n) is 1.90. The summed E-state index contributed by atoms with van der Waals surface area (Å²) in [5.41, 5.74) is 1.19. The highest BCUT2D eigenvalue weighted by Gasteiger charge is 2.46. The minimum absolute atomic E-state index is 0.0988. The molecule has 0 amide bonds. The van der Waals surface area contributed by atoms with Crippen molar-refractivity contribution in [2.24, 2.45) is 0 Å². The molecule has 0 heterocycles. The van der Waals surface area contributed by atoms with E-state index in [2.05, 4.69) is 20.8 Å². The lowest BCUT2D eigenvalue weighted by Gasteiger charge is -2.24. The van der Waals surface area contributed by atoms with Gasteiger partial charge in [0, 0.05) is 5.54 Å². The van der Waals surface area contributed by atoms with Gasteiger partial charge < -0.3 is 0 Å². The third-order valence-corrected chi connectivity index (χ3v) is 3.68. The largest absolute Gasteiger partial charge is 0.300 e. The van der Waals surface area contributed by atoms with Crippen LogP contribution in [0.15, 0.2) is 22.7 Å². The lowest BCUT2D eigenvalue weighted by molar-refractivity contribution is 0.275. The SMILES string of the molecule is CN(C)C1(c2ccc(Br)c(F)c2)CC1. The minimum atomic E-state index is -0.171. The van der Waals surface area contributed by atoms with E-state index in [0.29, 0.717) is 4.47 Å². The van der Waals surface area contributed by atoms with Gasteiger partial charge in [-0.15, -0.1) is 0 Å². The van der Waals surface area contributed by atoms with Crippen LogP contribution in [-0.4, -0.2) is 19.0 Å². The van der Waals surface area contributed by atoms with Crippen LogP contribution in [0.4, 0.5) is 4.39 Å². The summed E-state index contributed by atoms with van der Waals surface area (Å²) in [6.45, 7) is 0. The van der Waals surface area contributed by atoms with Crippen LogP contribution in [0.2, 0.25) is 0 Å². The number of nitrogens with zero attached hydrogens (tertiary/aromatic N) is 1. The second kappa shape index (κ2) is 3.31. The van der Waals surface area contributed by atoms with Crippen LogP contribution in [0.1, 0.15) is 18.4 Å². The van der Waals surface area contributed by atoms with E-state index >= 15 is 0 Å². The van der Waals surface area contributed by atoms with Crippen LogP contribution in [0, 0.1) is 5.82 Å². The molecule has 0 aromatic heterocycles. The maximum absolute atomic E-state index is 13.3. The van der Waals surface area contributed by atoms with Gasteiger partial charge in [-0.05, 0) is 60.6 Å². The van der Waals surface area contributed by atoms with E-state index in [1.54, 1.807) is 12.1 Å². The van der Waals surface area contributed by atoms with Crippen LogP contribution in [0.3, 0.4) is 0 Å². The molecule has 1 saturated carbocycles. The summed E-state index contributed by atoms with van der Waals surface area (Å²) >= 11 is 3.16. The van der Waals surface area contributed by atoms with Crippen molar-refractivity contribution < 1.29 is 4.39 Å². The Kier molecular flexibility index (Phi) is 2.40. The first-order valence-corrected chi connectivity index (χ1v) is 5.48. The van der Waals surface area contributed by atoms with Crippen LogP contribution < -0.4 is 0 Å². The van der Waals surface area contributed by atoms with Crippen molar-refractivity contribution in [2.75, 3.05) is 14.1 Å². The molecule has 0 spiro atoms. The fraction of sp³-hybridized carbons (Fsp3) is 0.455. The molecule has 0 aliphatic heterocycles. The predicted octanol–water partition coefficient (Wildman–Crippen LogP) is 3.14. The van der Waals surface area contributed by atoms with Crippen molar-refractivity contribution in [3.63, 3.8) is 0 Å². The van der Waals surface area contributed by atoms with Gasteiger partial charge in [-0.1, -0.05) is 6.07 Å². The van der Waals surface area contributed by atoms with Crippen molar-refractivity contribution in [2.45, 2.75) is 18.4 Å². The summed E-state index contributed by atoms with van der Waals surface area (Å²) in [5.74, 6) is -0.171. The summed E-state index contributed by atoms with van der Waals surface area (Å²) in [5, 5.41) is 0. The number of hydrogen-bond donors (Lipinski definition) is 0. The number of hydrogen-bond acceptors (Lipinski definition) is 1. The summed E-state index contributed by atoms with van der Waals surface area (Å²) in [6.07, 6.45) is 2.25. The Morgan fingerprint density at radius 1 is 1.36 bits per heavy atom. The summed E-state index contributed by atoms with van der Waals surface area (Å²) in [4.78, 5) is 2.18. The van der Waals surface area contributed by atoms with Gasteiger partial charge in [0.05, 0.1) is 4.47 Å². The lowest BCUT2D eigenvalue weighted by atomic mass is 10.0. The smallest absolute Gasteiger partial charge is 0.137 e. The van der Waals surface area contributed by atoms with Crippen molar-refractivity contribution in [3.05, 3.63) is 34.1 Å². The summed E-state index contributed by atoms with van der Waals surface area (Å²) < 4.78 is 13.9. The molecule has 0 bridgehead atoms. The monoisotopic (exact) mass is 257 g/mol. The van der Waals surface area contributed by atoms with E-state index in [-0.39, 0.29) is 11.4 Å². The topological polar surface area (TPSA) is 3.24 Å². The zero-order valence-electron chi connectivity index (χ0n) is 8.35.